The van der Waals surface area contributed by atoms with E-state index in [1.165, 1.54) is 0 Å². The molecule has 0 N–H and O–H groups in total. The first kappa shape index (κ1) is 18.0. The second-order valence-corrected chi connectivity index (χ2v) is 7.48. The summed E-state index contributed by atoms with van der Waals surface area (Å²) in [6, 6.07) is 12.6. The molecule has 0 saturated heterocycles. The maximum absolute atomic E-state index is 12.5. The Kier molecular flexibility index (Phi) is 4.61. The third-order valence-electron chi connectivity index (χ3n) is 4.60. The third-order valence-corrected chi connectivity index (χ3v) is 5.06. The topological polar surface area (TPSA) is 67.1 Å². The largest absolute Gasteiger partial charge is 0.489 e. The predicted octanol–water partition coefficient (Wildman–Crippen LogP) is 5.10. The van der Waals surface area contributed by atoms with Crippen LogP contribution in [0.1, 0.15) is 27.2 Å². The van der Waals surface area contributed by atoms with Crippen LogP contribution in [-0.4, -0.2) is 12.6 Å². The average molecular weight is 455 g/mol. The Morgan fingerprint density at radius 1 is 1.17 bits per heavy atom. The quantitative estimate of drug-likeness (QED) is 0.510. The van der Waals surface area contributed by atoms with Crippen molar-refractivity contribution >= 4 is 27.8 Å². The number of rotatable bonds is 4. The van der Waals surface area contributed by atoms with Crippen molar-refractivity contribution in [3.05, 3.63) is 81.4 Å². The van der Waals surface area contributed by atoms with E-state index in [0.29, 0.717) is 36.0 Å². The number of fused-ring (bicyclic) bond motifs is 2. The number of allylic oxidation sites excluding steroid dienone is 1. The van der Waals surface area contributed by atoms with E-state index in [-0.39, 0.29) is 18.3 Å². The summed E-state index contributed by atoms with van der Waals surface area (Å²) in [5, 5.41) is 0. The molecule has 29 heavy (non-hydrogen) atoms. The maximum atomic E-state index is 12.5. The molecule has 7 heteroatoms. The number of hydrogen-bond donors (Lipinski definition) is 0. The summed E-state index contributed by atoms with van der Waals surface area (Å²) in [7, 11) is 0. The molecule has 0 amide bonds. The number of carbonyl (C=O) groups is 1. The highest BCUT2D eigenvalue weighted by atomic mass is 79.9. The van der Waals surface area contributed by atoms with E-state index in [2.05, 4.69) is 15.9 Å². The molecule has 0 atom stereocenters. The van der Waals surface area contributed by atoms with Gasteiger partial charge in [-0.15, -0.1) is 0 Å². The lowest BCUT2D eigenvalue weighted by molar-refractivity contribution is -0.0176. The number of Topliss-reactive ketones (excluding diaryl/α,β-unsaturated/α-hetero) is 1. The Morgan fingerprint density at radius 3 is 2.97 bits per heavy atom. The van der Waals surface area contributed by atoms with Crippen LogP contribution in [0.5, 0.6) is 17.2 Å². The summed E-state index contributed by atoms with van der Waals surface area (Å²) in [6.07, 6.45) is 3.12. The Hall–Kier alpha value is -3.03. The first-order valence-electron chi connectivity index (χ1n) is 8.94. The predicted molar refractivity (Wildman–Crippen MR) is 107 cm³/mol. The summed E-state index contributed by atoms with van der Waals surface area (Å²) in [5.74, 6) is 2.44. The number of hydrogen-bond acceptors (Lipinski definition) is 6. The average Bonchev–Trinajstić information content (AvgIpc) is 3.34. The van der Waals surface area contributed by atoms with Crippen molar-refractivity contribution in [2.24, 2.45) is 0 Å². The van der Waals surface area contributed by atoms with Gasteiger partial charge in [-0.3, -0.25) is 4.79 Å². The molecule has 0 aliphatic carbocycles. The fourth-order valence-corrected chi connectivity index (χ4v) is 3.84. The van der Waals surface area contributed by atoms with Crippen molar-refractivity contribution in [3.63, 3.8) is 0 Å². The Morgan fingerprint density at radius 2 is 2.10 bits per heavy atom. The lowest BCUT2D eigenvalue weighted by Crippen LogP contribution is -2.14. The summed E-state index contributed by atoms with van der Waals surface area (Å²) in [4.78, 5) is 12.5. The minimum Gasteiger partial charge on any atom is -0.489 e. The van der Waals surface area contributed by atoms with Gasteiger partial charge in [-0.1, -0.05) is 15.9 Å². The first-order valence-corrected chi connectivity index (χ1v) is 9.73. The van der Waals surface area contributed by atoms with Gasteiger partial charge >= 0.3 is 0 Å². The highest BCUT2D eigenvalue weighted by Crippen LogP contribution is 2.36. The number of ketones is 1. The highest BCUT2D eigenvalue weighted by Gasteiger charge is 2.28. The third kappa shape index (κ3) is 3.54. The minimum absolute atomic E-state index is 0.183. The Labute approximate surface area is 174 Å². The van der Waals surface area contributed by atoms with Crippen molar-refractivity contribution < 1.29 is 28.2 Å². The van der Waals surface area contributed by atoms with Crippen LogP contribution in [0.4, 0.5) is 0 Å². The Balaban J connectivity index is 1.35. The second kappa shape index (κ2) is 7.42. The molecule has 0 unspecified atom stereocenters. The molecular weight excluding hydrogens is 440 g/mol. The highest BCUT2D eigenvalue weighted by molar-refractivity contribution is 9.10. The lowest BCUT2D eigenvalue weighted by Gasteiger charge is -2.21. The van der Waals surface area contributed by atoms with Gasteiger partial charge in [0.2, 0.25) is 5.78 Å². The smallest absolute Gasteiger partial charge is 0.232 e. The normalized spacial score (nSPS) is 16.2. The summed E-state index contributed by atoms with van der Waals surface area (Å²) in [5.41, 5.74) is 2.38. The van der Waals surface area contributed by atoms with Crippen molar-refractivity contribution in [1.29, 1.82) is 0 Å². The van der Waals surface area contributed by atoms with Gasteiger partial charge in [-0.05, 0) is 36.4 Å². The number of furan rings is 1. The molecular formula is C22H15BrO6. The molecule has 6 nitrogen and oxygen atoms in total. The molecule has 3 aromatic rings. The van der Waals surface area contributed by atoms with E-state index < -0.39 is 0 Å². The van der Waals surface area contributed by atoms with Crippen LogP contribution in [-0.2, 0) is 18.0 Å². The summed E-state index contributed by atoms with van der Waals surface area (Å²) >= 11 is 3.51. The van der Waals surface area contributed by atoms with Crippen LogP contribution >= 0.6 is 15.9 Å². The molecule has 5 rings (SSSR count). The lowest BCUT2D eigenvalue weighted by atomic mass is 10.1. The molecule has 146 valence electrons. The van der Waals surface area contributed by atoms with E-state index in [1.54, 1.807) is 42.7 Å². The summed E-state index contributed by atoms with van der Waals surface area (Å²) in [6.45, 7) is 1.03. The minimum atomic E-state index is -0.183. The van der Waals surface area contributed by atoms with Crippen molar-refractivity contribution in [1.82, 2.24) is 0 Å². The molecule has 2 aliphatic rings. The fraction of sp³-hybridized carbons (Fsp3) is 0.136. The zero-order valence-electron chi connectivity index (χ0n) is 15.1. The molecule has 0 spiro atoms. The van der Waals surface area contributed by atoms with Crippen LogP contribution < -0.4 is 14.2 Å². The number of benzene rings is 2. The zero-order chi connectivity index (χ0) is 19.8. The van der Waals surface area contributed by atoms with Gasteiger partial charge in [0.05, 0.1) is 18.4 Å². The van der Waals surface area contributed by atoms with E-state index >= 15 is 0 Å². The van der Waals surface area contributed by atoms with Crippen LogP contribution in [0.25, 0.3) is 6.08 Å². The summed E-state index contributed by atoms with van der Waals surface area (Å²) < 4.78 is 28.8. The molecule has 2 aromatic carbocycles. The maximum Gasteiger partial charge on any atom is 0.232 e. The number of carbonyl (C=O) groups excluding carboxylic acids is 1. The SMILES string of the molecule is O=C1/C(=C/c2ccco2)Oc2cc(OCc3cc(Br)cc4c3OCOC4)ccc21. The monoisotopic (exact) mass is 454 g/mol. The molecule has 0 bridgehead atoms. The number of halogens is 1. The van der Waals surface area contributed by atoms with E-state index in [4.69, 9.17) is 23.4 Å². The van der Waals surface area contributed by atoms with E-state index in [1.807, 2.05) is 12.1 Å². The van der Waals surface area contributed by atoms with Crippen molar-refractivity contribution in [2.45, 2.75) is 13.2 Å². The zero-order valence-corrected chi connectivity index (χ0v) is 16.7. The van der Waals surface area contributed by atoms with Crippen molar-refractivity contribution in [3.8, 4) is 17.2 Å². The van der Waals surface area contributed by atoms with Gasteiger partial charge in [-0.2, -0.15) is 0 Å². The van der Waals surface area contributed by atoms with Gasteiger partial charge < -0.3 is 23.4 Å². The van der Waals surface area contributed by atoms with Gasteiger partial charge in [0, 0.05) is 27.7 Å². The van der Waals surface area contributed by atoms with Crippen LogP contribution in [0.3, 0.4) is 0 Å². The van der Waals surface area contributed by atoms with Gasteiger partial charge in [0.1, 0.15) is 29.6 Å². The molecule has 2 aliphatic heterocycles. The van der Waals surface area contributed by atoms with Crippen LogP contribution in [0.15, 0.2) is 63.4 Å². The molecule has 0 fully saturated rings. The molecule has 1 aromatic heterocycles. The van der Waals surface area contributed by atoms with Crippen molar-refractivity contribution in [2.75, 3.05) is 6.79 Å². The van der Waals surface area contributed by atoms with Crippen LogP contribution in [0.2, 0.25) is 0 Å². The standard InChI is InChI=1S/C22H15BrO6/c23-15-6-13-10-25-12-28-22(13)14(7-15)11-27-17-3-4-18-19(8-17)29-20(21(18)24)9-16-2-1-5-26-16/h1-9H,10-12H2/b20-9-. The van der Waals surface area contributed by atoms with Gasteiger partial charge in [0.25, 0.3) is 0 Å². The van der Waals surface area contributed by atoms with Gasteiger partial charge in [-0.25, -0.2) is 0 Å². The van der Waals surface area contributed by atoms with Gasteiger partial charge in [0.15, 0.2) is 12.6 Å². The molecule has 3 heterocycles. The molecule has 0 radical (unpaired) electrons. The molecule has 0 saturated carbocycles. The van der Waals surface area contributed by atoms with E-state index in [0.717, 1.165) is 21.3 Å². The number of ether oxygens (including phenoxy) is 4. The van der Waals surface area contributed by atoms with Crippen LogP contribution in [0, 0.1) is 0 Å². The first-order chi connectivity index (χ1) is 14.2. The Bertz CT molecular complexity index is 1120. The van der Waals surface area contributed by atoms with E-state index in [9.17, 15) is 4.79 Å². The second-order valence-electron chi connectivity index (χ2n) is 6.57. The fourth-order valence-electron chi connectivity index (χ4n) is 3.28.